The monoisotopic (exact) mass is 596 g/mol. The molecule has 2 aliphatic heterocycles. The third kappa shape index (κ3) is 2.13. The summed E-state index contributed by atoms with van der Waals surface area (Å²) in [6, 6.07) is 50.1. The average molecular weight is 597 g/mol. The van der Waals surface area contributed by atoms with Crippen molar-refractivity contribution in [1.29, 1.82) is 0 Å². The van der Waals surface area contributed by atoms with E-state index in [0.29, 0.717) is 0 Å². The van der Waals surface area contributed by atoms with Gasteiger partial charge in [0.25, 0.3) is 0 Å². The van der Waals surface area contributed by atoms with Crippen LogP contribution in [0.5, 0.6) is 0 Å². The van der Waals surface area contributed by atoms with Crippen molar-refractivity contribution in [3.63, 3.8) is 0 Å². The normalized spacial score (nSPS) is 18.0. The maximum absolute atomic E-state index is 5.06. The Morgan fingerprint density at radius 2 is 1.28 bits per heavy atom. The van der Waals surface area contributed by atoms with Gasteiger partial charge in [0.05, 0.1) is 32.9 Å². The van der Waals surface area contributed by atoms with Gasteiger partial charge in [-0.25, -0.2) is 4.98 Å². The van der Waals surface area contributed by atoms with Gasteiger partial charge < -0.3 is 0 Å². The summed E-state index contributed by atoms with van der Waals surface area (Å²) in [4.78, 5) is 5.06. The predicted octanol–water partition coefficient (Wildman–Crippen LogP) is 7.64. The van der Waals surface area contributed by atoms with Crippen LogP contribution in [0.15, 0.2) is 146 Å². The van der Waals surface area contributed by atoms with E-state index < -0.39 is 11.1 Å². The first-order chi connectivity index (χ1) is 23.4. The summed E-state index contributed by atoms with van der Waals surface area (Å²) < 4.78 is 7.67. The number of benzene rings is 5. The van der Waals surface area contributed by atoms with Crippen LogP contribution in [0.25, 0.3) is 60.9 Å². The van der Waals surface area contributed by atoms with Crippen LogP contribution in [0, 0.1) is 0 Å². The smallest absolute Gasteiger partial charge is 0.217 e. The minimum Gasteiger partial charge on any atom is -0.217 e. The van der Waals surface area contributed by atoms with Crippen LogP contribution in [-0.4, -0.2) is 9.38 Å². The second-order valence-corrected chi connectivity index (χ2v) is 13.5. The Kier molecular flexibility index (Phi) is 3.61. The Labute approximate surface area is 269 Å². The van der Waals surface area contributed by atoms with Gasteiger partial charge in [-0.1, -0.05) is 84.9 Å². The van der Waals surface area contributed by atoms with Crippen molar-refractivity contribution in [3.05, 3.63) is 179 Å². The lowest BCUT2D eigenvalue weighted by molar-refractivity contribution is -0.940. The minimum atomic E-state index is -0.608. The highest BCUT2D eigenvalue weighted by Gasteiger charge is 2.71. The number of fused-ring (bicyclic) bond motifs is 15. The Hall–Kier alpha value is -6.13. The molecule has 0 amide bonds. The molecule has 0 bridgehead atoms. The number of nitrogens with zero attached hydrogens (tertiary/aromatic N) is 4. The molecule has 0 radical (unpaired) electrons. The van der Waals surface area contributed by atoms with E-state index in [-0.39, 0.29) is 0 Å². The molecule has 4 nitrogen and oxygen atoms in total. The zero-order valence-corrected chi connectivity index (χ0v) is 25.1. The first-order valence-corrected chi connectivity index (χ1v) is 16.4. The van der Waals surface area contributed by atoms with Crippen molar-refractivity contribution >= 4 is 38.5 Å². The third-order valence-electron chi connectivity index (χ3n) is 11.8. The number of para-hydroxylation sites is 2. The maximum atomic E-state index is 5.06. The SMILES string of the molecule is c1ccc2c(c1)-c1ccccc1C21c2cccc3c2C2(c4c1ccc1c5cccnc5n5c6ccccc6[n+]2c5c41)[n+]1ccccc1-3. The summed E-state index contributed by atoms with van der Waals surface area (Å²) in [5, 5.41) is 3.76. The molecule has 13 rings (SSSR count). The highest BCUT2D eigenvalue weighted by atomic mass is 15.3. The molecule has 47 heavy (non-hydrogen) atoms. The average Bonchev–Trinajstić information content (AvgIpc) is 3.83. The fourth-order valence-corrected chi connectivity index (χ4v) is 10.5. The largest absolute Gasteiger partial charge is 0.365 e. The van der Waals surface area contributed by atoms with Gasteiger partial charge in [0, 0.05) is 23.7 Å². The molecule has 0 fully saturated rings. The zero-order chi connectivity index (χ0) is 30.2. The Bertz CT molecular complexity index is 2940. The first kappa shape index (κ1) is 23.2. The van der Waals surface area contributed by atoms with Gasteiger partial charge in [-0.15, -0.1) is 9.13 Å². The quantitative estimate of drug-likeness (QED) is 0.131. The number of pyridine rings is 3. The molecule has 4 heteroatoms. The van der Waals surface area contributed by atoms with Crippen LogP contribution < -0.4 is 9.13 Å². The Morgan fingerprint density at radius 1 is 0.553 bits per heavy atom. The summed E-state index contributed by atoms with van der Waals surface area (Å²) in [5.41, 5.74) is 17.0. The highest BCUT2D eigenvalue weighted by Crippen LogP contribution is 2.65. The highest BCUT2D eigenvalue weighted by molar-refractivity contribution is 6.15. The van der Waals surface area contributed by atoms with Crippen LogP contribution in [0.3, 0.4) is 0 Å². The first-order valence-electron chi connectivity index (χ1n) is 16.4. The zero-order valence-electron chi connectivity index (χ0n) is 25.1. The van der Waals surface area contributed by atoms with Crippen molar-refractivity contribution in [3.8, 4) is 22.4 Å². The van der Waals surface area contributed by atoms with E-state index >= 15 is 0 Å². The standard InChI is InChI=1S/C43H24N4/c1-3-15-30-25(11-1)26-12-2-4-16-31(26)42(30)32-17-9-13-29-34-18-7-8-24-45(34)43(38(29)32)39-33(42)22-21-27-28-14-10-23-44-40(28)46-35-19-5-6-20-36(35)47(43)41(46)37(27)39/h1-24H/q+2. The number of imidazole rings is 1. The van der Waals surface area contributed by atoms with Crippen LogP contribution in [0.2, 0.25) is 0 Å². The van der Waals surface area contributed by atoms with Gasteiger partial charge in [-0.3, -0.25) is 0 Å². The van der Waals surface area contributed by atoms with Gasteiger partial charge in [0.15, 0.2) is 17.2 Å². The molecular formula is C43H24N4+2. The van der Waals surface area contributed by atoms with Gasteiger partial charge >= 0.3 is 11.3 Å². The lowest BCUT2D eigenvalue weighted by Gasteiger charge is -2.42. The molecule has 5 aromatic carbocycles. The third-order valence-corrected chi connectivity index (χ3v) is 11.8. The Morgan fingerprint density at radius 3 is 2.15 bits per heavy atom. The lowest BCUT2D eigenvalue weighted by atomic mass is 9.58. The molecule has 4 aromatic heterocycles. The molecule has 214 valence electrons. The number of hydrogen-bond acceptors (Lipinski definition) is 1. The summed E-state index contributed by atoms with van der Waals surface area (Å²) in [6.45, 7) is 0. The van der Waals surface area contributed by atoms with Crippen molar-refractivity contribution < 1.29 is 9.13 Å². The predicted molar refractivity (Wildman–Crippen MR) is 182 cm³/mol. The van der Waals surface area contributed by atoms with Crippen molar-refractivity contribution in [1.82, 2.24) is 9.38 Å². The molecule has 4 aliphatic rings. The van der Waals surface area contributed by atoms with E-state index in [2.05, 4.69) is 153 Å². The van der Waals surface area contributed by atoms with Crippen LogP contribution >= 0.6 is 0 Å². The second-order valence-electron chi connectivity index (χ2n) is 13.5. The molecule has 6 heterocycles. The molecule has 9 aromatic rings. The molecule has 2 aliphatic carbocycles. The summed E-state index contributed by atoms with van der Waals surface area (Å²) >= 11 is 0. The fourth-order valence-electron chi connectivity index (χ4n) is 10.5. The minimum absolute atomic E-state index is 0.463. The second kappa shape index (κ2) is 7.30. The number of hydrogen-bond donors (Lipinski definition) is 0. The maximum Gasteiger partial charge on any atom is 0.365 e. The molecule has 1 atom stereocenters. The van der Waals surface area contributed by atoms with Crippen molar-refractivity contribution in [2.75, 3.05) is 0 Å². The van der Waals surface area contributed by atoms with E-state index in [1.54, 1.807) is 0 Å². The van der Waals surface area contributed by atoms with E-state index in [1.807, 2.05) is 6.20 Å². The van der Waals surface area contributed by atoms with E-state index in [0.717, 1.165) is 5.65 Å². The summed E-state index contributed by atoms with van der Waals surface area (Å²) in [5.74, 6) is 0. The summed E-state index contributed by atoms with van der Waals surface area (Å²) in [7, 11) is 0. The van der Waals surface area contributed by atoms with E-state index in [9.17, 15) is 0 Å². The fraction of sp³-hybridized carbons (Fsp3) is 0.0465. The van der Waals surface area contributed by atoms with Crippen LogP contribution in [0.4, 0.5) is 0 Å². The van der Waals surface area contributed by atoms with Gasteiger partial charge in [0.1, 0.15) is 0 Å². The van der Waals surface area contributed by atoms with E-state index in [1.165, 1.54) is 88.6 Å². The van der Waals surface area contributed by atoms with Crippen molar-refractivity contribution in [2.24, 2.45) is 0 Å². The van der Waals surface area contributed by atoms with Gasteiger partial charge in [-0.2, -0.15) is 4.40 Å². The lowest BCUT2D eigenvalue weighted by Crippen LogP contribution is -2.73. The van der Waals surface area contributed by atoms with Gasteiger partial charge in [0.2, 0.25) is 11.3 Å². The van der Waals surface area contributed by atoms with Crippen LogP contribution in [0.1, 0.15) is 33.4 Å². The summed E-state index contributed by atoms with van der Waals surface area (Å²) in [6.07, 6.45) is 4.24. The number of aromatic nitrogens is 4. The van der Waals surface area contributed by atoms with Crippen LogP contribution in [-0.2, 0) is 11.1 Å². The molecular weight excluding hydrogens is 573 g/mol. The van der Waals surface area contributed by atoms with E-state index in [4.69, 9.17) is 4.98 Å². The van der Waals surface area contributed by atoms with Crippen molar-refractivity contribution in [2.45, 2.75) is 11.1 Å². The molecule has 2 spiro atoms. The molecule has 0 N–H and O–H groups in total. The molecule has 0 saturated heterocycles. The molecule has 1 unspecified atom stereocenters. The van der Waals surface area contributed by atoms with Gasteiger partial charge in [-0.05, 0) is 69.8 Å². The topological polar surface area (TPSA) is 25.1 Å². The molecule has 0 saturated carbocycles. The Balaban J connectivity index is 1.40. The number of rotatable bonds is 0.